The number of nitrogens with one attached hydrogen (secondary N) is 1. The van der Waals surface area contributed by atoms with Gasteiger partial charge in [0.15, 0.2) is 0 Å². The highest BCUT2D eigenvalue weighted by Gasteiger charge is 2.20. The molecule has 1 aliphatic rings. The summed E-state index contributed by atoms with van der Waals surface area (Å²) in [5.41, 5.74) is 0.305. The second kappa shape index (κ2) is 7.95. The van der Waals surface area contributed by atoms with Gasteiger partial charge in [0.05, 0.1) is 12.8 Å². The number of carbonyl (C=O) groups is 1. The number of hydrogen-bond acceptors (Lipinski definition) is 5. The lowest BCUT2D eigenvalue weighted by molar-refractivity contribution is 0.0867. The predicted octanol–water partition coefficient (Wildman–Crippen LogP) is 0.754. The molecule has 6 nitrogen and oxygen atoms in total. The molecule has 0 aliphatic carbocycles. The average Bonchev–Trinajstić information content (AvgIpc) is 2.52. The van der Waals surface area contributed by atoms with Crippen molar-refractivity contribution in [1.82, 2.24) is 15.2 Å². The first kappa shape index (κ1) is 15.7. The molecular weight excluding hydrogens is 270 g/mol. The van der Waals surface area contributed by atoms with E-state index in [0.29, 0.717) is 12.2 Å². The Morgan fingerprint density at radius 1 is 1.43 bits per heavy atom. The Labute approximate surface area is 124 Å². The van der Waals surface area contributed by atoms with Crippen LogP contribution in [0.1, 0.15) is 36.2 Å². The topological polar surface area (TPSA) is 85.7 Å². The molecule has 2 heterocycles. The Balaban J connectivity index is 1.69. The summed E-state index contributed by atoms with van der Waals surface area (Å²) in [6.45, 7) is 2.70. The first-order valence-electron chi connectivity index (χ1n) is 7.49. The summed E-state index contributed by atoms with van der Waals surface area (Å²) in [7, 11) is 0. The molecule has 1 aromatic rings. The molecule has 1 saturated heterocycles. The van der Waals surface area contributed by atoms with Gasteiger partial charge in [0, 0.05) is 19.1 Å². The molecule has 3 N–H and O–H groups in total. The Morgan fingerprint density at radius 2 is 2.29 bits per heavy atom. The molecule has 0 aromatic carbocycles. The lowest BCUT2D eigenvalue weighted by Crippen LogP contribution is -2.43. The van der Waals surface area contributed by atoms with E-state index in [4.69, 9.17) is 5.11 Å². The maximum absolute atomic E-state index is 11.8. The molecule has 116 valence electrons. The van der Waals surface area contributed by atoms with Crippen LogP contribution < -0.4 is 5.32 Å². The zero-order valence-electron chi connectivity index (χ0n) is 12.2. The van der Waals surface area contributed by atoms with Gasteiger partial charge in [-0.05, 0) is 37.9 Å². The van der Waals surface area contributed by atoms with E-state index in [2.05, 4.69) is 15.2 Å². The second-order valence-electron chi connectivity index (χ2n) is 5.38. The van der Waals surface area contributed by atoms with E-state index in [1.54, 1.807) is 0 Å². The number of hydrogen-bond donors (Lipinski definition) is 3. The second-order valence-corrected chi connectivity index (χ2v) is 5.38. The molecule has 1 aliphatic heterocycles. The zero-order chi connectivity index (χ0) is 15.1. The number of piperidine rings is 1. The van der Waals surface area contributed by atoms with Gasteiger partial charge in [0.2, 0.25) is 0 Å². The number of aliphatic hydroxyl groups is 1. The molecule has 2 rings (SSSR count). The number of nitrogens with zero attached hydrogens (tertiary/aromatic N) is 2. The lowest BCUT2D eigenvalue weighted by Gasteiger charge is -2.34. The minimum atomic E-state index is -0.229. The quantitative estimate of drug-likeness (QED) is 0.674. The predicted molar refractivity (Wildman–Crippen MR) is 79.1 cm³/mol. The number of pyridine rings is 1. The molecule has 1 amide bonds. The third kappa shape index (κ3) is 4.68. The van der Waals surface area contributed by atoms with Gasteiger partial charge < -0.3 is 15.5 Å². The summed E-state index contributed by atoms with van der Waals surface area (Å²) in [6, 6.07) is 3.21. The van der Waals surface area contributed by atoms with Crippen molar-refractivity contribution in [2.45, 2.75) is 31.7 Å². The monoisotopic (exact) mass is 293 g/mol. The molecule has 1 fully saturated rings. The number of aliphatic hydroxyl groups excluding tert-OH is 1. The van der Waals surface area contributed by atoms with Crippen LogP contribution in [0.2, 0.25) is 0 Å². The number of aromatic nitrogens is 1. The van der Waals surface area contributed by atoms with Crippen molar-refractivity contribution in [2.75, 3.05) is 26.2 Å². The highest BCUT2D eigenvalue weighted by Crippen LogP contribution is 2.16. The molecule has 1 atom stereocenters. The van der Waals surface area contributed by atoms with E-state index in [1.807, 2.05) is 0 Å². The number of rotatable bonds is 6. The Morgan fingerprint density at radius 3 is 3.00 bits per heavy atom. The first-order chi connectivity index (χ1) is 10.2. The molecule has 0 unspecified atom stereocenters. The highest BCUT2D eigenvalue weighted by atomic mass is 16.3. The Hall–Kier alpha value is -1.66. The fraction of sp³-hybridized carbons (Fsp3) is 0.600. The Bertz CT molecular complexity index is 450. The van der Waals surface area contributed by atoms with Crippen LogP contribution in [0, 0.1) is 0 Å². The number of amides is 1. The minimum absolute atomic E-state index is 0.0479. The SMILES string of the molecule is O=C(NCCCN1CCCC[C@@H]1CO)c1ccc(O)cn1. The summed E-state index contributed by atoms with van der Waals surface area (Å²) in [6.07, 6.45) is 5.53. The summed E-state index contributed by atoms with van der Waals surface area (Å²) in [5.74, 6) is -0.181. The largest absolute Gasteiger partial charge is 0.506 e. The van der Waals surface area contributed by atoms with Gasteiger partial charge in [-0.15, -0.1) is 0 Å². The maximum Gasteiger partial charge on any atom is 0.269 e. The lowest BCUT2D eigenvalue weighted by atomic mass is 10.0. The van der Waals surface area contributed by atoms with Crippen molar-refractivity contribution in [3.63, 3.8) is 0 Å². The van der Waals surface area contributed by atoms with E-state index in [-0.39, 0.29) is 24.3 Å². The fourth-order valence-corrected chi connectivity index (χ4v) is 2.66. The van der Waals surface area contributed by atoms with E-state index in [0.717, 1.165) is 25.9 Å². The summed E-state index contributed by atoms with van der Waals surface area (Å²) < 4.78 is 0. The molecule has 0 bridgehead atoms. The van der Waals surface area contributed by atoms with Gasteiger partial charge in [0.25, 0.3) is 5.91 Å². The fourth-order valence-electron chi connectivity index (χ4n) is 2.66. The number of likely N-dealkylation sites (tertiary alicyclic amines) is 1. The normalized spacial score (nSPS) is 19.4. The van der Waals surface area contributed by atoms with Crippen LogP contribution >= 0.6 is 0 Å². The van der Waals surface area contributed by atoms with Crippen molar-refractivity contribution < 1.29 is 15.0 Å². The van der Waals surface area contributed by atoms with E-state index >= 15 is 0 Å². The van der Waals surface area contributed by atoms with Crippen molar-refractivity contribution in [3.05, 3.63) is 24.0 Å². The van der Waals surface area contributed by atoms with Crippen LogP contribution in [0.25, 0.3) is 0 Å². The third-order valence-corrected chi connectivity index (χ3v) is 3.85. The first-order valence-corrected chi connectivity index (χ1v) is 7.49. The van der Waals surface area contributed by atoms with E-state index in [9.17, 15) is 9.90 Å². The molecule has 6 heteroatoms. The molecule has 0 saturated carbocycles. The summed E-state index contributed by atoms with van der Waals surface area (Å²) >= 11 is 0. The number of aromatic hydroxyl groups is 1. The third-order valence-electron chi connectivity index (χ3n) is 3.85. The summed E-state index contributed by atoms with van der Waals surface area (Å²) in [4.78, 5) is 18.0. The van der Waals surface area contributed by atoms with Crippen LogP contribution in [0.3, 0.4) is 0 Å². The zero-order valence-corrected chi connectivity index (χ0v) is 12.2. The maximum atomic E-state index is 11.8. The van der Waals surface area contributed by atoms with E-state index in [1.165, 1.54) is 31.2 Å². The highest BCUT2D eigenvalue weighted by molar-refractivity contribution is 5.92. The van der Waals surface area contributed by atoms with Gasteiger partial charge in [0.1, 0.15) is 11.4 Å². The standard InChI is InChI=1S/C15H23N3O3/c19-11-12-4-1-2-8-18(12)9-3-7-16-15(21)14-6-5-13(20)10-17-14/h5-6,10,12,19-20H,1-4,7-9,11H2,(H,16,21)/t12-/m1/s1. The average molecular weight is 293 g/mol. The molecule has 0 radical (unpaired) electrons. The van der Waals surface area contributed by atoms with Gasteiger partial charge in [-0.2, -0.15) is 0 Å². The number of carbonyl (C=O) groups excluding carboxylic acids is 1. The van der Waals surface area contributed by atoms with Gasteiger partial charge in [-0.1, -0.05) is 6.42 Å². The van der Waals surface area contributed by atoms with Crippen LogP contribution in [-0.4, -0.2) is 58.3 Å². The van der Waals surface area contributed by atoms with Crippen LogP contribution in [-0.2, 0) is 0 Å². The van der Waals surface area contributed by atoms with Crippen LogP contribution in [0.15, 0.2) is 18.3 Å². The van der Waals surface area contributed by atoms with Crippen LogP contribution in [0.4, 0.5) is 0 Å². The van der Waals surface area contributed by atoms with Gasteiger partial charge >= 0.3 is 0 Å². The summed E-state index contributed by atoms with van der Waals surface area (Å²) in [5, 5.41) is 21.3. The molecular formula is C15H23N3O3. The Kier molecular flexibility index (Phi) is 5.95. The van der Waals surface area contributed by atoms with Crippen molar-refractivity contribution >= 4 is 5.91 Å². The van der Waals surface area contributed by atoms with Crippen LogP contribution in [0.5, 0.6) is 5.75 Å². The smallest absolute Gasteiger partial charge is 0.269 e. The minimum Gasteiger partial charge on any atom is -0.506 e. The van der Waals surface area contributed by atoms with E-state index < -0.39 is 0 Å². The van der Waals surface area contributed by atoms with Crippen molar-refractivity contribution in [1.29, 1.82) is 0 Å². The molecule has 0 spiro atoms. The molecule has 1 aromatic heterocycles. The van der Waals surface area contributed by atoms with Gasteiger partial charge in [-0.3, -0.25) is 9.69 Å². The van der Waals surface area contributed by atoms with Crippen molar-refractivity contribution in [3.8, 4) is 5.75 Å². The van der Waals surface area contributed by atoms with Crippen molar-refractivity contribution in [2.24, 2.45) is 0 Å². The molecule has 21 heavy (non-hydrogen) atoms. The van der Waals surface area contributed by atoms with Gasteiger partial charge in [-0.25, -0.2) is 4.98 Å².